The number of carbonyl (C=O) groups is 2. The molecule has 1 aliphatic carbocycles. The number of carbonyl (C=O) groups excluding carboxylic acids is 2. The molecule has 6 heteroatoms. The summed E-state index contributed by atoms with van der Waals surface area (Å²) in [5, 5.41) is 5.77. The normalized spacial score (nSPS) is 14.1. The summed E-state index contributed by atoms with van der Waals surface area (Å²) < 4.78 is 0. The molecule has 2 aromatic rings. The molecule has 32 heavy (non-hydrogen) atoms. The summed E-state index contributed by atoms with van der Waals surface area (Å²) in [6.45, 7) is 6.46. The van der Waals surface area contributed by atoms with E-state index in [0.717, 1.165) is 41.8 Å². The zero-order valence-electron chi connectivity index (χ0n) is 19.9. The van der Waals surface area contributed by atoms with Crippen molar-refractivity contribution in [1.82, 2.24) is 10.2 Å². The average Bonchev–Trinajstić information content (AvgIpc) is 3.57. The second kappa shape index (κ2) is 10.5. The number of nitrogens with zero attached hydrogens (tertiary/aromatic N) is 2. The maximum Gasteiger partial charge on any atom is 0.319 e. The predicted octanol–water partition coefficient (Wildman–Crippen LogP) is 4.97. The van der Waals surface area contributed by atoms with E-state index < -0.39 is 0 Å². The third-order valence-electron chi connectivity index (χ3n) is 5.76. The minimum Gasteiger partial charge on any atom is -0.377 e. The van der Waals surface area contributed by atoms with Crippen LogP contribution in [-0.4, -0.2) is 43.0 Å². The molecule has 1 fully saturated rings. The first-order chi connectivity index (χ1) is 15.3. The third-order valence-corrected chi connectivity index (χ3v) is 5.76. The molecular weight excluding hydrogens is 400 g/mol. The van der Waals surface area contributed by atoms with E-state index >= 15 is 0 Å². The molecule has 0 saturated heterocycles. The fraction of sp³-hybridized carbons (Fsp3) is 0.462. The highest BCUT2D eigenvalue weighted by Crippen LogP contribution is 2.35. The van der Waals surface area contributed by atoms with Gasteiger partial charge in [-0.25, -0.2) is 4.79 Å². The molecule has 3 rings (SSSR count). The summed E-state index contributed by atoms with van der Waals surface area (Å²) in [6, 6.07) is 16.1. The minimum absolute atomic E-state index is 0.0578. The van der Waals surface area contributed by atoms with Gasteiger partial charge in [0.15, 0.2) is 0 Å². The lowest BCUT2D eigenvalue weighted by Crippen LogP contribution is -2.37. The van der Waals surface area contributed by atoms with Gasteiger partial charge in [-0.2, -0.15) is 0 Å². The standard InChI is InChI=1S/C26H36N4O2/c1-6-23(19-10-8-7-9-11-19)25(31)30(22-13-14-22)17-20-16-21(12-15-24(20)29(4)5)28-26(32)27-18(2)3/h7-12,15-16,18,22-23H,6,13-14,17H2,1-5H3,(H2,27,28,32)/t23-/m0/s1. The predicted molar refractivity (Wildman–Crippen MR) is 131 cm³/mol. The fourth-order valence-corrected chi connectivity index (χ4v) is 4.05. The highest BCUT2D eigenvalue weighted by molar-refractivity contribution is 5.90. The number of urea groups is 1. The van der Waals surface area contributed by atoms with E-state index in [2.05, 4.69) is 22.5 Å². The van der Waals surface area contributed by atoms with Crippen LogP contribution in [0.5, 0.6) is 0 Å². The molecule has 1 aliphatic rings. The van der Waals surface area contributed by atoms with Crippen LogP contribution in [0.4, 0.5) is 16.2 Å². The van der Waals surface area contributed by atoms with Crippen LogP contribution >= 0.6 is 0 Å². The van der Waals surface area contributed by atoms with E-state index in [1.54, 1.807) is 0 Å². The molecule has 172 valence electrons. The third kappa shape index (κ3) is 6.02. The zero-order valence-corrected chi connectivity index (χ0v) is 19.9. The van der Waals surface area contributed by atoms with E-state index in [4.69, 9.17) is 0 Å². The van der Waals surface area contributed by atoms with Crippen LogP contribution in [0.2, 0.25) is 0 Å². The Morgan fingerprint density at radius 2 is 1.75 bits per heavy atom. The molecule has 1 atom stereocenters. The van der Waals surface area contributed by atoms with Gasteiger partial charge in [0.1, 0.15) is 0 Å². The van der Waals surface area contributed by atoms with Crippen LogP contribution in [0.3, 0.4) is 0 Å². The summed E-state index contributed by atoms with van der Waals surface area (Å²) in [5.74, 6) is 0.0413. The second-order valence-corrected chi connectivity index (χ2v) is 9.06. The lowest BCUT2D eigenvalue weighted by atomic mass is 9.94. The molecule has 2 N–H and O–H groups in total. The summed E-state index contributed by atoms with van der Waals surface area (Å²) in [4.78, 5) is 29.9. The van der Waals surface area contributed by atoms with Gasteiger partial charge in [-0.05, 0) is 62.4 Å². The number of nitrogens with one attached hydrogen (secondary N) is 2. The van der Waals surface area contributed by atoms with E-state index in [-0.39, 0.29) is 29.9 Å². The first kappa shape index (κ1) is 23.6. The topological polar surface area (TPSA) is 64.7 Å². The maximum atomic E-state index is 13.7. The lowest BCUT2D eigenvalue weighted by Gasteiger charge is -2.29. The van der Waals surface area contributed by atoms with Gasteiger partial charge >= 0.3 is 6.03 Å². The molecule has 3 amide bonds. The number of hydrogen-bond donors (Lipinski definition) is 2. The highest BCUT2D eigenvalue weighted by atomic mass is 16.2. The van der Waals surface area contributed by atoms with Crippen molar-refractivity contribution in [2.75, 3.05) is 24.3 Å². The monoisotopic (exact) mass is 436 g/mol. The number of anilines is 2. The summed E-state index contributed by atoms with van der Waals surface area (Å²) in [7, 11) is 4.00. The minimum atomic E-state index is -0.228. The van der Waals surface area contributed by atoms with Crippen LogP contribution in [0.15, 0.2) is 48.5 Å². The molecule has 0 spiro atoms. The Balaban J connectivity index is 1.86. The van der Waals surface area contributed by atoms with Gasteiger partial charge in [-0.1, -0.05) is 37.3 Å². The fourth-order valence-electron chi connectivity index (χ4n) is 4.05. The van der Waals surface area contributed by atoms with Crippen molar-refractivity contribution in [2.45, 2.75) is 64.6 Å². The first-order valence-corrected chi connectivity index (χ1v) is 11.5. The number of benzene rings is 2. The quantitative estimate of drug-likeness (QED) is 0.583. The van der Waals surface area contributed by atoms with Gasteiger partial charge in [-0.3, -0.25) is 4.79 Å². The molecule has 6 nitrogen and oxygen atoms in total. The van der Waals surface area contributed by atoms with Crippen molar-refractivity contribution in [1.29, 1.82) is 0 Å². The number of amides is 3. The number of hydrogen-bond acceptors (Lipinski definition) is 3. The van der Waals surface area contributed by atoms with Gasteiger partial charge in [-0.15, -0.1) is 0 Å². The van der Waals surface area contributed by atoms with Crippen molar-refractivity contribution in [3.05, 3.63) is 59.7 Å². The molecule has 0 aliphatic heterocycles. The molecular formula is C26H36N4O2. The number of rotatable bonds is 9. The van der Waals surface area contributed by atoms with Crippen LogP contribution in [-0.2, 0) is 11.3 Å². The Kier molecular flexibility index (Phi) is 7.78. The van der Waals surface area contributed by atoms with Crippen molar-refractivity contribution < 1.29 is 9.59 Å². The highest BCUT2D eigenvalue weighted by Gasteiger charge is 2.36. The van der Waals surface area contributed by atoms with E-state index in [1.807, 2.05) is 81.4 Å². The van der Waals surface area contributed by atoms with Gasteiger partial charge in [0.05, 0.1) is 5.92 Å². The van der Waals surface area contributed by atoms with Crippen molar-refractivity contribution >= 4 is 23.3 Å². The molecule has 0 radical (unpaired) electrons. The largest absolute Gasteiger partial charge is 0.377 e. The SMILES string of the molecule is CC[C@H](C(=O)N(Cc1cc(NC(=O)NC(C)C)ccc1N(C)C)C1CC1)c1ccccc1. The second-order valence-electron chi connectivity index (χ2n) is 9.06. The van der Waals surface area contributed by atoms with Crippen molar-refractivity contribution in [3.63, 3.8) is 0 Å². The van der Waals surface area contributed by atoms with Crippen LogP contribution in [0, 0.1) is 0 Å². The zero-order chi connectivity index (χ0) is 23.3. The molecule has 0 unspecified atom stereocenters. The lowest BCUT2D eigenvalue weighted by molar-refractivity contribution is -0.134. The summed E-state index contributed by atoms with van der Waals surface area (Å²) >= 11 is 0. The maximum absolute atomic E-state index is 13.7. The Morgan fingerprint density at radius 1 is 1.06 bits per heavy atom. The van der Waals surface area contributed by atoms with Gasteiger partial charge in [0.25, 0.3) is 0 Å². The Morgan fingerprint density at radius 3 is 2.31 bits per heavy atom. The van der Waals surface area contributed by atoms with Gasteiger partial charge in [0.2, 0.25) is 5.91 Å². The van der Waals surface area contributed by atoms with E-state index in [1.165, 1.54) is 0 Å². The Labute approximate surface area is 192 Å². The van der Waals surface area contributed by atoms with Crippen LogP contribution in [0.1, 0.15) is 57.1 Å². The Bertz CT molecular complexity index is 923. The molecule has 0 heterocycles. The van der Waals surface area contributed by atoms with Crippen molar-refractivity contribution in [2.24, 2.45) is 0 Å². The van der Waals surface area contributed by atoms with E-state index in [9.17, 15) is 9.59 Å². The Hall–Kier alpha value is -3.02. The molecule has 0 bridgehead atoms. The first-order valence-electron chi connectivity index (χ1n) is 11.5. The van der Waals surface area contributed by atoms with E-state index in [0.29, 0.717) is 6.54 Å². The smallest absolute Gasteiger partial charge is 0.319 e. The van der Waals surface area contributed by atoms with Gasteiger partial charge in [0, 0.05) is 44.1 Å². The van der Waals surface area contributed by atoms with Crippen LogP contribution in [0.25, 0.3) is 0 Å². The summed E-state index contributed by atoms with van der Waals surface area (Å²) in [5.41, 5.74) is 3.87. The molecule has 2 aromatic carbocycles. The van der Waals surface area contributed by atoms with Crippen LogP contribution < -0.4 is 15.5 Å². The van der Waals surface area contributed by atoms with Crippen molar-refractivity contribution in [3.8, 4) is 0 Å². The summed E-state index contributed by atoms with van der Waals surface area (Å²) in [6.07, 6.45) is 2.86. The van der Waals surface area contributed by atoms with Gasteiger partial charge < -0.3 is 20.4 Å². The molecule has 0 aromatic heterocycles. The molecule has 1 saturated carbocycles. The average molecular weight is 437 g/mol.